The molecular formula is C13H12N4O3. The van der Waals surface area contributed by atoms with Crippen molar-refractivity contribution in [1.82, 2.24) is 4.98 Å². The number of anilines is 1. The summed E-state index contributed by atoms with van der Waals surface area (Å²) in [6.07, 6.45) is 3.00. The lowest BCUT2D eigenvalue weighted by atomic mass is 10.2. The van der Waals surface area contributed by atoms with E-state index < -0.39 is 4.92 Å². The van der Waals surface area contributed by atoms with E-state index in [1.807, 2.05) is 12.1 Å². The molecule has 0 saturated carbocycles. The maximum atomic E-state index is 10.8. The first kappa shape index (κ1) is 13.5. The third-order valence-electron chi connectivity index (χ3n) is 2.48. The van der Waals surface area contributed by atoms with Gasteiger partial charge in [0.1, 0.15) is 5.75 Å². The minimum absolute atomic E-state index is 0.0993. The Hall–Kier alpha value is -2.96. The minimum atomic E-state index is -0.516. The van der Waals surface area contributed by atoms with Crippen molar-refractivity contribution in [3.63, 3.8) is 0 Å². The SMILES string of the molecule is COc1ccc(/C=N\Nc2ncccc2[N+](=O)[O-])cc1. The largest absolute Gasteiger partial charge is 0.497 e. The Labute approximate surface area is 115 Å². The molecule has 1 N–H and O–H groups in total. The number of hydrogen-bond acceptors (Lipinski definition) is 6. The van der Waals surface area contributed by atoms with Gasteiger partial charge in [0, 0.05) is 12.3 Å². The molecular weight excluding hydrogens is 260 g/mol. The first-order valence-electron chi connectivity index (χ1n) is 5.73. The monoisotopic (exact) mass is 272 g/mol. The highest BCUT2D eigenvalue weighted by Gasteiger charge is 2.12. The summed E-state index contributed by atoms with van der Waals surface area (Å²) in [5.41, 5.74) is 3.26. The molecule has 0 aliphatic carbocycles. The number of hydrogen-bond donors (Lipinski definition) is 1. The molecule has 0 bridgehead atoms. The number of benzene rings is 1. The molecule has 1 aromatic carbocycles. The highest BCUT2D eigenvalue weighted by Crippen LogP contribution is 2.20. The van der Waals surface area contributed by atoms with Crippen LogP contribution in [0.25, 0.3) is 0 Å². The van der Waals surface area contributed by atoms with Crippen LogP contribution in [0.4, 0.5) is 11.5 Å². The second-order valence-corrected chi connectivity index (χ2v) is 3.77. The van der Waals surface area contributed by atoms with Crippen LogP contribution in [0, 0.1) is 10.1 Å². The number of nitrogens with one attached hydrogen (secondary N) is 1. The molecule has 0 fully saturated rings. The fourth-order valence-electron chi connectivity index (χ4n) is 1.49. The van der Waals surface area contributed by atoms with Crippen molar-refractivity contribution < 1.29 is 9.66 Å². The maximum absolute atomic E-state index is 10.8. The van der Waals surface area contributed by atoms with E-state index in [1.165, 1.54) is 24.5 Å². The van der Waals surface area contributed by atoms with E-state index in [0.29, 0.717) is 0 Å². The predicted molar refractivity (Wildman–Crippen MR) is 75.1 cm³/mol. The number of pyridine rings is 1. The number of hydrazone groups is 1. The van der Waals surface area contributed by atoms with Crippen LogP contribution >= 0.6 is 0 Å². The van der Waals surface area contributed by atoms with Crippen LogP contribution in [-0.4, -0.2) is 23.2 Å². The molecule has 0 amide bonds. The third-order valence-corrected chi connectivity index (χ3v) is 2.48. The van der Waals surface area contributed by atoms with Crippen molar-refractivity contribution >= 4 is 17.7 Å². The Morgan fingerprint density at radius 1 is 1.35 bits per heavy atom. The first-order chi connectivity index (χ1) is 9.70. The molecule has 0 radical (unpaired) electrons. The van der Waals surface area contributed by atoms with Gasteiger partial charge in [0.2, 0.25) is 5.82 Å². The second kappa shape index (κ2) is 6.28. The van der Waals surface area contributed by atoms with E-state index in [4.69, 9.17) is 4.74 Å². The summed E-state index contributed by atoms with van der Waals surface area (Å²) in [5.74, 6) is 0.845. The number of nitrogens with zero attached hydrogens (tertiary/aromatic N) is 3. The molecule has 2 aromatic rings. The zero-order valence-electron chi connectivity index (χ0n) is 10.7. The minimum Gasteiger partial charge on any atom is -0.497 e. The van der Waals surface area contributed by atoms with Gasteiger partial charge in [-0.1, -0.05) is 0 Å². The molecule has 2 rings (SSSR count). The Bertz CT molecular complexity index is 626. The second-order valence-electron chi connectivity index (χ2n) is 3.77. The number of aromatic nitrogens is 1. The van der Waals surface area contributed by atoms with E-state index in [9.17, 15) is 10.1 Å². The molecule has 0 aliphatic heterocycles. The summed E-state index contributed by atoms with van der Waals surface area (Å²) in [6, 6.07) is 10.1. The number of ether oxygens (including phenoxy) is 1. The van der Waals surface area contributed by atoms with Gasteiger partial charge in [-0.2, -0.15) is 5.10 Å². The normalized spacial score (nSPS) is 10.4. The van der Waals surface area contributed by atoms with Crippen LogP contribution in [0.15, 0.2) is 47.7 Å². The average molecular weight is 272 g/mol. The third kappa shape index (κ3) is 3.29. The van der Waals surface area contributed by atoms with Crippen LogP contribution in [0.2, 0.25) is 0 Å². The van der Waals surface area contributed by atoms with Gasteiger partial charge in [-0.05, 0) is 35.9 Å². The molecule has 7 nitrogen and oxygen atoms in total. The van der Waals surface area contributed by atoms with E-state index in [2.05, 4.69) is 15.5 Å². The lowest BCUT2D eigenvalue weighted by molar-refractivity contribution is -0.384. The molecule has 0 spiro atoms. The molecule has 1 aromatic heterocycles. The molecule has 20 heavy (non-hydrogen) atoms. The molecule has 0 atom stereocenters. The smallest absolute Gasteiger partial charge is 0.313 e. The van der Waals surface area contributed by atoms with E-state index in [0.717, 1.165) is 11.3 Å². The first-order valence-corrected chi connectivity index (χ1v) is 5.73. The van der Waals surface area contributed by atoms with Gasteiger partial charge in [-0.25, -0.2) is 4.98 Å². The summed E-state index contributed by atoms with van der Waals surface area (Å²) in [5, 5.41) is 14.7. The summed E-state index contributed by atoms with van der Waals surface area (Å²) >= 11 is 0. The van der Waals surface area contributed by atoms with Crippen LogP contribution < -0.4 is 10.2 Å². The van der Waals surface area contributed by atoms with Gasteiger partial charge in [-0.3, -0.25) is 15.5 Å². The Morgan fingerprint density at radius 2 is 2.10 bits per heavy atom. The van der Waals surface area contributed by atoms with Gasteiger partial charge in [0.25, 0.3) is 0 Å². The molecule has 0 unspecified atom stereocenters. The van der Waals surface area contributed by atoms with Crippen LogP contribution in [0.3, 0.4) is 0 Å². The molecule has 0 saturated heterocycles. The van der Waals surface area contributed by atoms with Crippen LogP contribution in [0.5, 0.6) is 5.75 Å². The molecule has 7 heteroatoms. The predicted octanol–water partition coefficient (Wildman–Crippen LogP) is 2.44. The number of methoxy groups -OCH3 is 1. The van der Waals surface area contributed by atoms with E-state index >= 15 is 0 Å². The lowest BCUT2D eigenvalue weighted by Gasteiger charge is -2.00. The van der Waals surface area contributed by atoms with E-state index in [1.54, 1.807) is 19.2 Å². The zero-order chi connectivity index (χ0) is 14.4. The standard InChI is InChI=1S/C13H12N4O3/c1-20-11-6-4-10(5-7-11)9-15-16-13-12(17(18)19)3-2-8-14-13/h2-9H,1H3,(H,14,16)/b15-9-. The number of rotatable bonds is 5. The van der Waals surface area contributed by atoms with Gasteiger partial charge < -0.3 is 4.74 Å². The zero-order valence-corrected chi connectivity index (χ0v) is 10.7. The summed E-state index contributed by atoms with van der Waals surface area (Å²) in [6.45, 7) is 0. The quantitative estimate of drug-likeness (QED) is 0.513. The lowest BCUT2D eigenvalue weighted by Crippen LogP contribution is -1.98. The van der Waals surface area contributed by atoms with Crippen molar-refractivity contribution in [3.05, 3.63) is 58.3 Å². The van der Waals surface area contributed by atoms with Crippen LogP contribution in [0.1, 0.15) is 5.56 Å². The fourth-order valence-corrected chi connectivity index (χ4v) is 1.49. The number of nitro groups is 1. The Morgan fingerprint density at radius 3 is 2.75 bits per heavy atom. The maximum Gasteiger partial charge on any atom is 0.313 e. The molecule has 0 aliphatic rings. The summed E-state index contributed by atoms with van der Waals surface area (Å²) < 4.78 is 5.04. The highest BCUT2D eigenvalue weighted by molar-refractivity contribution is 5.80. The van der Waals surface area contributed by atoms with Crippen molar-refractivity contribution in [1.29, 1.82) is 0 Å². The topological polar surface area (TPSA) is 89.7 Å². The fraction of sp³-hybridized carbons (Fsp3) is 0.0769. The Balaban J connectivity index is 2.08. The van der Waals surface area contributed by atoms with E-state index in [-0.39, 0.29) is 11.5 Å². The van der Waals surface area contributed by atoms with Gasteiger partial charge >= 0.3 is 5.69 Å². The molecule has 1 heterocycles. The van der Waals surface area contributed by atoms with Crippen molar-refractivity contribution in [3.8, 4) is 5.75 Å². The molecule has 102 valence electrons. The van der Waals surface area contributed by atoms with Crippen molar-refractivity contribution in [2.24, 2.45) is 5.10 Å². The van der Waals surface area contributed by atoms with Gasteiger partial charge in [0.15, 0.2) is 0 Å². The summed E-state index contributed by atoms with van der Waals surface area (Å²) in [7, 11) is 1.59. The highest BCUT2D eigenvalue weighted by atomic mass is 16.6. The van der Waals surface area contributed by atoms with Crippen molar-refractivity contribution in [2.75, 3.05) is 12.5 Å². The van der Waals surface area contributed by atoms with Gasteiger partial charge in [-0.15, -0.1) is 0 Å². The van der Waals surface area contributed by atoms with Crippen molar-refractivity contribution in [2.45, 2.75) is 0 Å². The average Bonchev–Trinajstić information content (AvgIpc) is 2.48. The van der Waals surface area contributed by atoms with Gasteiger partial charge in [0.05, 0.1) is 18.2 Å². The summed E-state index contributed by atoms with van der Waals surface area (Å²) in [4.78, 5) is 14.1. The Kier molecular flexibility index (Phi) is 4.23. The van der Waals surface area contributed by atoms with Crippen LogP contribution in [-0.2, 0) is 0 Å².